The number of likely N-dealkylation sites (tertiary alicyclic amines) is 1. The summed E-state index contributed by atoms with van der Waals surface area (Å²) in [6.45, 7) is 3.06. The van der Waals surface area contributed by atoms with Gasteiger partial charge in [0, 0.05) is 0 Å². The van der Waals surface area contributed by atoms with E-state index < -0.39 is 0 Å². The van der Waals surface area contributed by atoms with Crippen LogP contribution in [-0.4, -0.2) is 51.8 Å². The van der Waals surface area contributed by atoms with Crippen LogP contribution in [0.2, 0.25) is 0 Å². The van der Waals surface area contributed by atoms with E-state index in [1.807, 2.05) is 12.1 Å². The topological polar surface area (TPSA) is 74.0 Å². The minimum absolute atomic E-state index is 0.332. The molecule has 1 unspecified atom stereocenters. The van der Waals surface area contributed by atoms with Crippen molar-refractivity contribution in [1.82, 2.24) is 4.90 Å². The second-order valence-corrected chi connectivity index (χ2v) is 6.10. The lowest BCUT2D eigenvalue weighted by atomic mass is 9.93. The van der Waals surface area contributed by atoms with E-state index in [0.717, 1.165) is 25.2 Å². The van der Waals surface area contributed by atoms with Crippen LogP contribution in [0.1, 0.15) is 37.2 Å². The third-order valence-electron chi connectivity index (χ3n) is 4.62. The number of rotatable bonds is 8. The van der Waals surface area contributed by atoms with Crippen molar-refractivity contribution >= 4 is 5.91 Å². The van der Waals surface area contributed by atoms with Gasteiger partial charge in [-0.3, -0.25) is 4.79 Å². The lowest BCUT2D eigenvalue weighted by Crippen LogP contribution is -2.33. The molecule has 2 N–H and O–H groups in total. The molecular weight excluding hydrogens is 308 g/mol. The van der Waals surface area contributed by atoms with Gasteiger partial charge >= 0.3 is 0 Å². The third-order valence-corrected chi connectivity index (χ3v) is 4.62. The van der Waals surface area contributed by atoms with Gasteiger partial charge in [0.2, 0.25) is 11.7 Å². The molecule has 1 saturated heterocycles. The molecule has 0 aromatic heterocycles. The predicted octanol–water partition coefficient (Wildman–Crippen LogP) is 2.16. The Labute approximate surface area is 143 Å². The largest absolute Gasteiger partial charge is 0.493 e. The van der Waals surface area contributed by atoms with Crippen molar-refractivity contribution in [3.8, 4) is 17.2 Å². The lowest BCUT2D eigenvalue weighted by molar-refractivity contribution is -0.119. The summed E-state index contributed by atoms with van der Waals surface area (Å²) >= 11 is 0. The normalized spacial score (nSPS) is 16.5. The Morgan fingerprint density at radius 2 is 1.67 bits per heavy atom. The van der Waals surface area contributed by atoms with E-state index in [2.05, 4.69) is 4.90 Å². The van der Waals surface area contributed by atoms with Gasteiger partial charge in [-0.15, -0.1) is 0 Å². The van der Waals surface area contributed by atoms with Crippen LogP contribution in [0.25, 0.3) is 0 Å². The summed E-state index contributed by atoms with van der Waals surface area (Å²) in [7, 11) is 4.68. The van der Waals surface area contributed by atoms with E-state index in [4.69, 9.17) is 19.9 Å². The summed E-state index contributed by atoms with van der Waals surface area (Å²) < 4.78 is 16.1. The van der Waals surface area contributed by atoms with E-state index >= 15 is 0 Å². The smallest absolute Gasteiger partial charge is 0.225 e. The molecule has 0 saturated carbocycles. The van der Waals surface area contributed by atoms with E-state index in [0.29, 0.717) is 23.7 Å². The van der Waals surface area contributed by atoms with Crippen molar-refractivity contribution < 1.29 is 19.0 Å². The summed E-state index contributed by atoms with van der Waals surface area (Å²) in [4.78, 5) is 14.4. The summed E-state index contributed by atoms with van der Waals surface area (Å²) in [6, 6.07) is 3.62. The fourth-order valence-electron chi connectivity index (χ4n) is 3.27. The van der Waals surface area contributed by atoms with Gasteiger partial charge in [-0.05, 0) is 56.6 Å². The number of primary amides is 1. The molecule has 1 atom stereocenters. The minimum atomic E-state index is -0.374. The molecule has 1 aromatic carbocycles. The highest BCUT2D eigenvalue weighted by Gasteiger charge is 2.23. The fourth-order valence-corrected chi connectivity index (χ4v) is 3.27. The zero-order chi connectivity index (χ0) is 17.5. The number of carbonyl (C=O) groups is 1. The molecule has 24 heavy (non-hydrogen) atoms. The van der Waals surface area contributed by atoms with Gasteiger partial charge in [-0.2, -0.15) is 0 Å². The number of hydrogen-bond donors (Lipinski definition) is 1. The van der Waals surface area contributed by atoms with E-state index in [1.54, 1.807) is 21.3 Å². The minimum Gasteiger partial charge on any atom is -0.493 e. The van der Waals surface area contributed by atoms with Gasteiger partial charge in [-0.25, -0.2) is 0 Å². The molecule has 0 spiro atoms. The average Bonchev–Trinajstić information content (AvgIpc) is 2.61. The Bertz CT molecular complexity index is 531. The summed E-state index contributed by atoms with van der Waals surface area (Å²) in [6.07, 6.45) is 4.44. The van der Waals surface area contributed by atoms with Gasteiger partial charge < -0.3 is 24.8 Å². The number of hydrogen-bond acceptors (Lipinski definition) is 5. The van der Waals surface area contributed by atoms with Crippen LogP contribution in [0.4, 0.5) is 0 Å². The molecule has 1 fully saturated rings. The van der Waals surface area contributed by atoms with Gasteiger partial charge in [0.1, 0.15) is 0 Å². The van der Waals surface area contributed by atoms with Gasteiger partial charge in [0.15, 0.2) is 11.5 Å². The Morgan fingerprint density at radius 1 is 1.08 bits per heavy atom. The van der Waals surface area contributed by atoms with E-state index in [1.165, 1.54) is 19.3 Å². The maximum absolute atomic E-state index is 12.0. The molecule has 6 heteroatoms. The van der Waals surface area contributed by atoms with Crippen LogP contribution in [0.5, 0.6) is 17.2 Å². The molecule has 0 aliphatic carbocycles. The van der Waals surface area contributed by atoms with Gasteiger partial charge in [0.05, 0.1) is 27.2 Å². The summed E-state index contributed by atoms with van der Waals surface area (Å²) in [5.74, 6) is 0.886. The molecule has 134 valence electrons. The molecule has 1 aromatic rings. The Morgan fingerprint density at radius 3 is 2.12 bits per heavy atom. The number of nitrogens with two attached hydrogens (primary N) is 1. The quantitative estimate of drug-likeness (QED) is 0.787. The summed E-state index contributed by atoms with van der Waals surface area (Å²) in [5, 5.41) is 0. The van der Waals surface area contributed by atoms with Crippen molar-refractivity contribution in [2.75, 3.05) is 41.0 Å². The highest BCUT2D eigenvalue weighted by atomic mass is 16.5. The number of piperidine rings is 1. The zero-order valence-electron chi connectivity index (χ0n) is 14.8. The first-order valence-corrected chi connectivity index (χ1v) is 8.42. The van der Waals surface area contributed by atoms with Crippen molar-refractivity contribution in [2.45, 2.75) is 31.6 Å². The predicted molar refractivity (Wildman–Crippen MR) is 92.9 cm³/mol. The molecule has 1 heterocycles. The SMILES string of the molecule is COc1cc(C(CCN2CCCCC2)C(N)=O)cc(OC)c1OC. The summed E-state index contributed by atoms with van der Waals surface area (Å²) in [5.41, 5.74) is 6.47. The van der Waals surface area contributed by atoms with Crippen molar-refractivity contribution in [3.63, 3.8) is 0 Å². The zero-order valence-corrected chi connectivity index (χ0v) is 14.8. The maximum Gasteiger partial charge on any atom is 0.225 e. The number of methoxy groups -OCH3 is 3. The van der Waals surface area contributed by atoms with E-state index in [9.17, 15) is 4.79 Å². The molecule has 1 aliphatic heterocycles. The molecule has 1 amide bonds. The number of nitrogens with zero attached hydrogens (tertiary/aromatic N) is 1. The average molecular weight is 336 g/mol. The second-order valence-electron chi connectivity index (χ2n) is 6.10. The van der Waals surface area contributed by atoms with Crippen LogP contribution in [-0.2, 0) is 4.79 Å². The Kier molecular flexibility index (Phi) is 6.73. The van der Waals surface area contributed by atoms with Crippen molar-refractivity contribution in [3.05, 3.63) is 17.7 Å². The van der Waals surface area contributed by atoms with E-state index in [-0.39, 0.29) is 11.8 Å². The number of amides is 1. The molecular formula is C18H28N2O4. The molecule has 6 nitrogen and oxygen atoms in total. The molecule has 0 bridgehead atoms. The first-order valence-electron chi connectivity index (χ1n) is 8.42. The Balaban J connectivity index is 2.21. The van der Waals surface area contributed by atoms with Crippen LogP contribution < -0.4 is 19.9 Å². The highest BCUT2D eigenvalue weighted by molar-refractivity contribution is 5.82. The van der Waals surface area contributed by atoms with Gasteiger partial charge in [0.25, 0.3) is 0 Å². The van der Waals surface area contributed by atoms with Crippen LogP contribution >= 0.6 is 0 Å². The van der Waals surface area contributed by atoms with Crippen molar-refractivity contribution in [2.24, 2.45) is 5.73 Å². The second kappa shape index (κ2) is 8.78. The maximum atomic E-state index is 12.0. The molecule has 0 radical (unpaired) electrons. The first-order chi connectivity index (χ1) is 11.6. The van der Waals surface area contributed by atoms with Crippen LogP contribution in [0.3, 0.4) is 0 Å². The van der Waals surface area contributed by atoms with Crippen molar-refractivity contribution in [1.29, 1.82) is 0 Å². The van der Waals surface area contributed by atoms with Gasteiger partial charge in [-0.1, -0.05) is 6.42 Å². The van der Waals surface area contributed by atoms with Crippen LogP contribution in [0.15, 0.2) is 12.1 Å². The highest BCUT2D eigenvalue weighted by Crippen LogP contribution is 2.40. The monoisotopic (exact) mass is 336 g/mol. The fraction of sp³-hybridized carbons (Fsp3) is 0.611. The van der Waals surface area contributed by atoms with Crippen LogP contribution in [0, 0.1) is 0 Å². The number of carbonyl (C=O) groups excluding carboxylic acids is 1. The molecule has 1 aliphatic rings. The lowest BCUT2D eigenvalue weighted by Gasteiger charge is -2.28. The number of ether oxygens (including phenoxy) is 3. The molecule has 2 rings (SSSR count). The standard InChI is InChI=1S/C18H28N2O4/c1-22-15-11-13(12-16(23-2)17(15)24-3)14(18(19)21)7-10-20-8-5-4-6-9-20/h11-12,14H,4-10H2,1-3H3,(H2,19,21). The number of benzene rings is 1. The third kappa shape index (κ3) is 4.32. The first kappa shape index (κ1) is 18.4. The Hall–Kier alpha value is -1.95.